The van der Waals surface area contributed by atoms with Crippen molar-refractivity contribution in [2.45, 2.75) is 45.1 Å². The Balaban J connectivity index is 1.81. The molecule has 1 heterocycles. The van der Waals surface area contributed by atoms with E-state index in [0.29, 0.717) is 6.04 Å². The second-order valence-electron chi connectivity index (χ2n) is 3.58. The van der Waals surface area contributed by atoms with Crippen molar-refractivity contribution in [3.05, 3.63) is 0 Å². The van der Waals surface area contributed by atoms with Gasteiger partial charge in [0.1, 0.15) is 0 Å². The van der Waals surface area contributed by atoms with E-state index in [1.165, 1.54) is 38.6 Å². The van der Waals surface area contributed by atoms with Gasteiger partial charge in [0, 0.05) is 12.6 Å². The van der Waals surface area contributed by atoms with Crippen LogP contribution in [0.5, 0.6) is 0 Å². The number of hydrogen-bond acceptors (Lipinski definition) is 2. The zero-order chi connectivity index (χ0) is 8.65. The molecule has 0 aromatic carbocycles. The minimum atomic E-state index is 0.645. The second kappa shape index (κ2) is 6.44. The van der Waals surface area contributed by atoms with Crippen LogP contribution < -0.4 is 5.32 Å². The van der Waals surface area contributed by atoms with Gasteiger partial charge in [-0.05, 0) is 25.8 Å². The Hall–Kier alpha value is -0.0800. The maximum atomic E-state index is 5.56. The molecule has 1 atom stereocenters. The molecule has 0 aromatic heterocycles. The molecule has 12 heavy (non-hydrogen) atoms. The summed E-state index contributed by atoms with van der Waals surface area (Å²) in [7, 11) is 0. The lowest BCUT2D eigenvalue weighted by Gasteiger charge is -2.10. The smallest absolute Gasteiger partial charge is 0.0619 e. The molecule has 1 N–H and O–H groups in total. The first kappa shape index (κ1) is 10.0. The van der Waals surface area contributed by atoms with Crippen molar-refractivity contribution in [3.63, 3.8) is 0 Å². The van der Waals surface area contributed by atoms with Crippen LogP contribution in [0.15, 0.2) is 0 Å². The molecule has 0 amide bonds. The number of nitrogens with one attached hydrogen (secondary N) is 1. The van der Waals surface area contributed by atoms with Gasteiger partial charge in [0.2, 0.25) is 0 Å². The third-order valence-corrected chi connectivity index (χ3v) is 2.37. The van der Waals surface area contributed by atoms with Crippen LogP contribution in [0.3, 0.4) is 0 Å². The van der Waals surface area contributed by atoms with Gasteiger partial charge in [0.05, 0.1) is 6.61 Å². The molecule has 1 rings (SSSR count). The van der Waals surface area contributed by atoms with E-state index in [4.69, 9.17) is 4.74 Å². The summed E-state index contributed by atoms with van der Waals surface area (Å²) in [4.78, 5) is 0. The van der Waals surface area contributed by atoms with E-state index in [1.54, 1.807) is 0 Å². The molecule has 1 aliphatic heterocycles. The minimum Gasteiger partial charge on any atom is -0.380 e. The summed E-state index contributed by atoms with van der Waals surface area (Å²) in [6.07, 6.45) is 6.43. The Morgan fingerprint density at radius 3 is 3.00 bits per heavy atom. The van der Waals surface area contributed by atoms with Gasteiger partial charge in [0.15, 0.2) is 0 Å². The normalized spacial score (nSPS) is 23.2. The molecular formula is C10H21NO. The van der Waals surface area contributed by atoms with Gasteiger partial charge in [-0.2, -0.15) is 0 Å². The summed E-state index contributed by atoms with van der Waals surface area (Å²) >= 11 is 0. The van der Waals surface area contributed by atoms with E-state index >= 15 is 0 Å². The van der Waals surface area contributed by atoms with Crippen LogP contribution in [0, 0.1) is 0 Å². The quantitative estimate of drug-likeness (QED) is 0.617. The van der Waals surface area contributed by atoms with Crippen molar-refractivity contribution >= 4 is 0 Å². The number of hydrogen-bond donors (Lipinski definition) is 1. The molecule has 2 heteroatoms. The second-order valence-corrected chi connectivity index (χ2v) is 3.58. The predicted octanol–water partition coefficient (Wildman–Crippen LogP) is 1.95. The topological polar surface area (TPSA) is 21.3 Å². The molecule has 1 unspecified atom stereocenters. The van der Waals surface area contributed by atoms with Crippen molar-refractivity contribution in [2.75, 3.05) is 19.8 Å². The zero-order valence-electron chi connectivity index (χ0n) is 8.14. The molecule has 0 saturated carbocycles. The van der Waals surface area contributed by atoms with Crippen LogP contribution in [-0.2, 0) is 4.74 Å². The lowest BCUT2D eigenvalue weighted by Crippen LogP contribution is -2.26. The lowest BCUT2D eigenvalue weighted by atomic mass is 10.2. The van der Waals surface area contributed by atoms with Crippen LogP contribution in [0.4, 0.5) is 0 Å². The van der Waals surface area contributed by atoms with Gasteiger partial charge in [-0.3, -0.25) is 0 Å². The molecule has 1 saturated heterocycles. The van der Waals surface area contributed by atoms with Crippen LogP contribution in [0.25, 0.3) is 0 Å². The summed E-state index contributed by atoms with van der Waals surface area (Å²) in [5.74, 6) is 0. The Morgan fingerprint density at radius 2 is 2.33 bits per heavy atom. The van der Waals surface area contributed by atoms with E-state index in [2.05, 4.69) is 12.2 Å². The van der Waals surface area contributed by atoms with Crippen LogP contribution in [0.2, 0.25) is 0 Å². The van der Waals surface area contributed by atoms with Crippen molar-refractivity contribution < 1.29 is 4.74 Å². The van der Waals surface area contributed by atoms with Crippen LogP contribution in [0.1, 0.15) is 39.0 Å². The highest BCUT2D eigenvalue weighted by molar-refractivity contribution is 4.73. The first-order valence-corrected chi connectivity index (χ1v) is 5.24. The third-order valence-electron chi connectivity index (χ3n) is 2.37. The molecular weight excluding hydrogens is 150 g/mol. The highest BCUT2D eigenvalue weighted by Crippen LogP contribution is 2.05. The maximum absolute atomic E-state index is 5.56. The summed E-state index contributed by atoms with van der Waals surface area (Å²) in [6.45, 7) is 5.28. The molecule has 0 spiro atoms. The van der Waals surface area contributed by atoms with E-state index in [0.717, 1.165) is 13.2 Å². The van der Waals surface area contributed by atoms with Gasteiger partial charge >= 0.3 is 0 Å². The molecule has 1 aliphatic rings. The molecule has 72 valence electrons. The van der Waals surface area contributed by atoms with Crippen molar-refractivity contribution in [2.24, 2.45) is 0 Å². The average molecular weight is 171 g/mol. The third kappa shape index (κ3) is 4.07. The fourth-order valence-electron chi connectivity index (χ4n) is 1.58. The molecule has 2 nitrogen and oxygen atoms in total. The fourth-order valence-corrected chi connectivity index (χ4v) is 1.58. The molecule has 0 radical (unpaired) electrons. The summed E-state index contributed by atoms with van der Waals surface area (Å²) in [5, 5.41) is 3.42. The SMILES string of the molecule is CCCCCOCC1CCCN1. The van der Waals surface area contributed by atoms with Crippen molar-refractivity contribution in [3.8, 4) is 0 Å². The molecule has 0 aromatic rings. The first-order chi connectivity index (χ1) is 5.93. The van der Waals surface area contributed by atoms with Gasteiger partial charge in [-0.1, -0.05) is 19.8 Å². The molecule has 0 bridgehead atoms. The van der Waals surface area contributed by atoms with Crippen LogP contribution in [-0.4, -0.2) is 25.8 Å². The standard InChI is InChI=1S/C10H21NO/c1-2-3-4-8-12-9-10-6-5-7-11-10/h10-11H,2-9H2,1H3. The minimum absolute atomic E-state index is 0.645. The van der Waals surface area contributed by atoms with Gasteiger partial charge < -0.3 is 10.1 Å². The van der Waals surface area contributed by atoms with Crippen LogP contribution >= 0.6 is 0 Å². The number of rotatable bonds is 6. The zero-order valence-corrected chi connectivity index (χ0v) is 8.14. The number of ether oxygens (including phenoxy) is 1. The van der Waals surface area contributed by atoms with E-state index in [1.807, 2.05) is 0 Å². The number of unbranched alkanes of at least 4 members (excludes halogenated alkanes) is 2. The first-order valence-electron chi connectivity index (χ1n) is 5.24. The van der Waals surface area contributed by atoms with E-state index in [-0.39, 0.29) is 0 Å². The van der Waals surface area contributed by atoms with Gasteiger partial charge in [0.25, 0.3) is 0 Å². The summed E-state index contributed by atoms with van der Waals surface area (Å²) < 4.78 is 5.56. The van der Waals surface area contributed by atoms with Gasteiger partial charge in [-0.15, -0.1) is 0 Å². The molecule has 1 fully saturated rings. The Labute approximate surface area is 75.7 Å². The fraction of sp³-hybridized carbons (Fsp3) is 1.00. The monoisotopic (exact) mass is 171 g/mol. The Kier molecular flexibility index (Phi) is 5.37. The largest absolute Gasteiger partial charge is 0.380 e. The van der Waals surface area contributed by atoms with E-state index in [9.17, 15) is 0 Å². The van der Waals surface area contributed by atoms with E-state index < -0.39 is 0 Å². The summed E-state index contributed by atoms with van der Waals surface area (Å²) in [5.41, 5.74) is 0. The van der Waals surface area contributed by atoms with Crippen molar-refractivity contribution in [1.29, 1.82) is 0 Å². The Morgan fingerprint density at radius 1 is 1.42 bits per heavy atom. The summed E-state index contributed by atoms with van der Waals surface area (Å²) in [6, 6.07) is 0.645. The average Bonchev–Trinajstić information content (AvgIpc) is 2.57. The highest BCUT2D eigenvalue weighted by atomic mass is 16.5. The van der Waals surface area contributed by atoms with Crippen molar-refractivity contribution in [1.82, 2.24) is 5.32 Å². The molecule has 0 aliphatic carbocycles. The maximum Gasteiger partial charge on any atom is 0.0619 e. The van der Waals surface area contributed by atoms with Gasteiger partial charge in [-0.25, -0.2) is 0 Å². The highest BCUT2D eigenvalue weighted by Gasteiger charge is 2.12. The Bertz CT molecular complexity index is 100. The lowest BCUT2D eigenvalue weighted by molar-refractivity contribution is 0.113. The predicted molar refractivity (Wildman–Crippen MR) is 51.4 cm³/mol.